The summed E-state index contributed by atoms with van der Waals surface area (Å²) in [6.45, 7) is 2.59. The monoisotopic (exact) mass is 463 g/mol. The fraction of sp³-hybridized carbons (Fsp3) is 0.500. The summed E-state index contributed by atoms with van der Waals surface area (Å²) in [7, 11) is 1.69. The van der Waals surface area contributed by atoms with Gasteiger partial charge < -0.3 is 15.4 Å². The number of hydrogen-bond acceptors (Lipinski definition) is 4. The average molecular weight is 465 g/mol. The van der Waals surface area contributed by atoms with Crippen molar-refractivity contribution in [2.45, 2.75) is 44.1 Å². The third-order valence-corrected chi connectivity index (χ3v) is 7.56. The lowest BCUT2D eigenvalue weighted by molar-refractivity contribution is 0.413. The minimum Gasteiger partial charge on any atom is -0.497 e. The topological polar surface area (TPSA) is 51.4 Å². The molecule has 1 aliphatic heterocycles. The van der Waals surface area contributed by atoms with Crippen molar-refractivity contribution in [1.82, 2.24) is 4.98 Å². The van der Waals surface area contributed by atoms with E-state index in [1.54, 1.807) is 7.11 Å². The number of methoxy groups -OCH3 is 1. The fourth-order valence-corrected chi connectivity index (χ4v) is 5.66. The molecule has 4 rings (SSSR count). The molecule has 1 saturated carbocycles. The maximum atomic E-state index is 6.82. The molecule has 0 bridgehead atoms. The van der Waals surface area contributed by atoms with E-state index in [9.17, 15) is 0 Å². The standard InChI is InChI=1S/C22H27BrClN3O/c1-28-17-6-4-16(5-7-17)13-27-14-22(9-8-15(11-22)3-2-10-25)19-20(24)18(23)12-26-21(19)27/h4-7,12,15H,2-3,8-11,13-14,25H2,1H3/t15-,22-/m0/s1. The number of nitrogens with zero attached hydrogens (tertiary/aromatic N) is 2. The van der Waals surface area contributed by atoms with Crippen LogP contribution in [0.2, 0.25) is 5.02 Å². The Hall–Kier alpha value is -1.30. The number of rotatable bonds is 6. The van der Waals surface area contributed by atoms with Crippen LogP contribution in [0.4, 0.5) is 5.82 Å². The van der Waals surface area contributed by atoms with Crippen molar-refractivity contribution in [2.75, 3.05) is 25.1 Å². The Bertz CT molecular complexity index is 844. The average Bonchev–Trinajstić information content (AvgIpc) is 3.25. The van der Waals surface area contributed by atoms with E-state index < -0.39 is 0 Å². The summed E-state index contributed by atoms with van der Waals surface area (Å²) in [4.78, 5) is 7.19. The summed E-state index contributed by atoms with van der Waals surface area (Å²) in [6.07, 6.45) is 7.75. The summed E-state index contributed by atoms with van der Waals surface area (Å²) in [5.74, 6) is 2.65. The third kappa shape index (κ3) is 3.64. The van der Waals surface area contributed by atoms with Crippen molar-refractivity contribution < 1.29 is 4.74 Å². The molecule has 1 aliphatic carbocycles. The Balaban J connectivity index is 1.63. The van der Waals surface area contributed by atoms with E-state index in [1.165, 1.54) is 36.8 Å². The van der Waals surface area contributed by atoms with Crippen LogP contribution < -0.4 is 15.4 Å². The molecule has 1 aromatic carbocycles. The quantitative estimate of drug-likeness (QED) is 0.630. The number of aromatic nitrogens is 1. The number of benzene rings is 1. The highest BCUT2D eigenvalue weighted by molar-refractivity contribution is 9.10. The maximum absolute atomic E-state index is 6.82. The summed E-state index contributed by atoms with van der Waals surface area (Å²) in [5.41, 5.74) is 8.35. The fourth-order valence-electron chi connectivity index (χ4n) is 5.03. The van der Waals surface area contributed by atoms with Gasteiger partial charge in [-0.05, 0) is 78.2 Å². The van der Waals surface area contributed by atoms with Crippen molar-refractivity contribution in [1.29, 1.82) is 0 Å². The predicted molar refractivity (Wildman–Crippen MR) is 118 cm³/mol. The number of ether oxygens (including phenoxy) is 1. The smallest absolute Gasteiger partial charge is 0.134 e. The van der Waals surface area contributed by atoms with E-state index >= 15 is 0 Å². The Labute approximate surface area is 180 Å². The summed E-state index contributed by atoms with van der Waals surface area (Å²) in [6, 6.07) is 8.29. The van der Waals surface area contributed by atoms with Crippen molar-refractivity contribution in [2.24, 2.45) is 11.7 Å². The summed E-state index contributed by atoms with van der Waals surface area (Å²) < 4.78 is 6.18. The lowest BCUT2D eigenvalue weighted by atomic mass is 9.80. The molecule has 2 aliphatic rings. The molecule has 150 valence electrons. The van der Waals surface area contributed by atoms with Crippen molar-refractivity contribution in [3.63, 3.8) is 0 Å². The van der Waals surface area contributed by atoms with Gasteiger partial charge in [0.05, 0.1) is 16.6 Å². The molecule has 1 fully saturated rings. The zero-order chi connectivity index (χ0) is 19.7. The minimum atomic E-state index is 0.106. The SMILES string of the molecule is COc1ccc(CN2C[C@@]3(CC[C@H](CCCN)C3)c3c2ncc(Br)c3Cl)cc1. The van der Waals surface area contributed by atoms with Crippen molar-refractivity contribution in [3.05, 3.63) is 51.1 Å². The van der Waals surface area contributed by atoms with E-state index in [0.29, 0.717) is 0 Å². The molecule has 2 atom stereocenters. The van der Waals surface area contributed by atoms with Gasteiger partial charge in [-0.3, -0.25) is 0 Å². The Kier molecular flexibility index (Phi) is 5.86. The molecule has 28 heavy (non-hydrogen) atoms. The van der Waals surface area contributed by atoms with Crippen LogP contribution in [0.3, 0.4) is 0 Å². The van der Waals surface area contributed by atoms with Gasteiger partial charge in [0.25, 0.3) is 0 Å². The first-order chi connectivity index (χ1) is 13.6. The molecule has 0 radical (unpaired) electrons. The van der Waals surface area contributed by atoms with Gasteiger partial charge in [0.1, 0.15) is 11.6 Å². The van der Waals surface area contributed by atoms with E-state index in [-0.39, 0.29) is 5.41 Å². The molecular formula is C22H27BrClN3O. The molecule has 6 heteroatoms. The first-order valence-corrected chi connectivity index (χ1v) is 11.2. The highest BCUT2D eigenvalue weighted by Gasteiger charge is 2.49. The molecule has 0 saturated heterocycles. The van der Waals surface area contributed by atoms with Gasteiger partial charge in [-0.25, -0.2) is 4.98 Å². The first-order valence-electron chi connectivity index (χ1n) is 9.99. The largest absolute Gasteiger partial charge is 0.497 e. The minimum absolute atomic E-state index is 0.106. The lowest BCUT2D eigenvalue weighted by Crippen LogP contribution is -2.31. The summed E-state index contributed by atoms with van der Waals surface area (Å²) in [5, 5.41) is 0.835. The molecular weight excluding hydrogens is 438 g/mol. The molecule has 1 spiro atoms. The van der Waals surface area contributed by atoms with Gasteiger partial charge in [-0.1, -0.05) is 23.7 Å². The van der Waals surface area contributed by atoms with Gasteiger partial charge in [-0.2, -0.15) is 0 Å². The van der Waals surface area contributed by atoms with Crippen molar-refractivity contribution in [3.8, 4) is 5.75 Å². The van der Waals surface area contributed by atoms with Crippen molar-refractivity contribution >= 4 is 33.3 Å². The van der Waals surface area contributed by atoms with Crippen LogP contribution in [0.1, 0.15) is 43.2 Å². The number of halogens is 2. The van der Waals surface area contributed by atoms with Gasteiger partial charge in [-0.15, -0.1) is 0 Å². The molecule has 2 N–H and O–H groups in total. The lowest BCUT2D eigenvalue weighted by Gasteiger charge is -2.26. The molecule has 2 heterocycles. The second-order valence-corrected chi connectivity index (χ2v) is 9.38. The van der Waals surface area contributed by atoms with Crippen LogP contribution in [-0.2, 0) is 12.0 Å². The normalized spacial score (nSPS) is 23.4. The highest BCUT2D eigenvalue weighted by atomic mass is 79.9. The Morgan fingerprint density at radius 3 is 2.86 bits per heavy atom. The zero-order valence-corrected chi connectivity index (χ0v) is 18.6. The zero-order valence-electron chi connectivity index (χ0n) is 16.3. The first kappa shape index (κ1) is 20.0. The number of fused-ring (bicyclic) bond motifs is 2. The number of pyridine rings is 1. The molecule has 4 nitrogen and oxygen atoms in total. The van der Waals surface area contributed by atoms with Crippen LogP contribution in [0.5, 0.6) is 5.75 Å². The van der Waals surface area contributed by atoms with Crippen LogP contribution in [0.15, 0.2) is 34.9 Å². The highest BCUT2D eigenvalue weighted by Crippen LogP contribution is 2.55. The second kappa shape index (κ2) is 8.21. The predicted octanol–water partition coefficient (Wildman–Crippen LogP) is 5.30. The van der Waals surface area contributed by atoms with Gasteiger partial charge in [0.15, 0.2) is 0 Å². The summed E-state index contributed by atoms with van der Waals surface area (Å²) >= 11 is 10.4. The van der Waals surface area contributed by atoms with E-state index in [4.69, 9.17) is 27.1 Å². The van der Waals surface area contributed by atoms with Crippen LogP contribution in [-0.4, -0.2) is 25.2 Å². The van der Waals surface area contributed by atoms with Gasteiger partial charge in [0.2, 0.25) is 0 Å². The van der Waals surface area contributed by atoms with E-state index in [0.717, 1.165) is 53.0 Å². The van der Waals surface area contributed by atoms with Crippen LogP contribution in [0.25, 0.3) is 0 Å². The molecule has 2 aromatic rings. The van der Waals surface area contributed by atoms with E-state index in [1.807, 2.05) is 18.3 Å². The third-order valence-electron chi connectivity index (χ3n) is 6.34. The number of hydrogen-bond donors (Lipinski definition) is 1. The van der Waals surface area contributed by atoms with Gasteiger partial charge in [0, 0.05) is 30.3 Å². The molecule has 0 unspecified atom stereocenters. The molecule has 1 aromatic heterocycles. The van der Waals surface area contributed by atoms with E-state index in [2.05, 4.69) is 33.0 Å². The van der Waals surface area contributed by atoms with Crippen LogP contribution in [0, 0.1) is 5.92 Å². The number of nitrogens with two attached hydrogens (primary N) is 1. The molecule has 0 amide bonds. The number of anilines is 1. The Morgan fingerprint density at radius 1 is 1.36 bits per heavy atom. The Morgan fingerprint density at radius 2 is 2.14 bits per heavy atom. The van der Waals surface area contributed by atoms with Crippen LogP contribution >= 0.6 is 27.5 Å². The van der Waals surface area contributed by atoms with Gasteiger partial charge >= 0.3 is 0 Å². The maximum Gasteiger partial charge on any atom is 0.134 e. The second-order valence-electron chi connectivity index (χ2n) is 8.14.